The van der Waals surface area contributed by atoms with E-state index in [0.717, 1.165) is 22.4 Å². The van der Waals surface area contributed by atoms with Gasteiger partial charge in [0.05, 0.1) is 11.3 Å². The van der Waals surface area contributed by atoms with Gasteiger partial charge in [0.15, 0.2) is 9.84 Å². The zero-order chi connectivity index (χ0) is 22.9. The van der Waals surface area contributed by atoms with Crippen molar-refractivity contribution in [1.82, 2.24) is 4.90 Å². The van der Waals surface area contributed by atoms with Crippen LogP contribution >= 0.6 is 23.2 Å². The Morgan fingerprint density at radius 1 is 0.875 bits per heavy atom. The summed E-state index contributed by atoms with van der Waals surface area (Å²) in [6, 6.07) is 23.3. The third kappa shape index (κ3) is 4.96. The van der Waals surface area contributed by atoms with Crippen LogP contribution in [0.4, 0.5) is 5.69 Å². The van der Waals surface area contributed by atoms with Crippen LogP contribution in [0, 0.1) is 5.92 Å². The van der Waals surface area contributed by atoms with E-state index in [4.69, 9.17) is 23.2 Å². The molecule has 3 aromatic carbocycles. The quantitative estimate of drug-likeness (QED) is 0.453. The smallest absolute Gasteiger partial charge is 0.154 e. The zero-order valence-electron chi connectivity index (χ0n) is 18.0. The normalized spacial score (nSPS) is 16.0. The van der Waals surface area contributed by atoms with Gasteiger partial charge >= 0.3 is 0 Å². The van der Waals surface area contributed by atoms with Gasteiger partial charge in [-0.15, -0.1) is 0 Å². The topological polar surface area (TPSA) is 49.4 Å². The van der Waals surface area contributed by atoms with Gasteiger partial charge in [-0.05, 0) is 53.1 Å². The summed E-state index contributed by atoms with van der Waals surface area (Å²) in [5, 5.41) is 3.94. The minimum absolute atomic E-state index is 0.00429. The van der Waals surface area contributed by atoms with Crippen LogP contribution in [0.3, 0.4) is 0 Å². The lowest BCUT2D eigenvalue weighted by molar-refractivity contribution is 0.0655. The summed E-state index contributed by atoms with van der Waals surface area (Å²) in [5.74, 6) is 0.0132. The predicted octanol–water partition coefficient (Wildman–Crippen LogP) is 5.84. The molecule has 4 nitrogen and oxygen atoms in total. The van der Waals surface area contributed by atoms with Gasteiger partial charge in [-0.2, -0.15) is 0 Å². The third-order valence-corrected chi connectivity index (χ3v) is 8.15. The lowest BCUT2D eigenvalue weighted by Gasteiger charge is -2.47. The number of halogens is 2. The van der Waals surface area contributed by atoms with Crippen molar-refractivity contribution in [1.29, 1.82) is 0 Å². The summed E-state index contributed by atoms with van der Waals surface area (Å²) in [5.41, 5.74) is 3.97. The molecule has 0 aromatic heterocycles. The highest BCUT2D eigenvalue weighted by Gasteiger charge is 2.42. The Balaban J connectivity index is 1.63. The standard InChI is InChI=1S/C25H26Cl2N2O2S/c1-28-23-5-3-4-19(14-23)25(32(2,30)31)20-15-29(16-20)24(17-6-10-21(26)11-7-17)18-8-12-22(27)13-9-18/h3-14,20,24-25,28H,15-16H2,1-2H3/t25-/m1/s1. The van der Waals surface area contributed by atoms with Crippen LogP contribution < -0.4 is 5.32 Å². The van der Waals surface area contributed by atoms with Crippen molar-refractivity contribution in [3.63, 3.8) is 0 Å². The van der Waals surface area contributed by atoms with Gasteiger partial charge in [0.1, 0.15) is 0 Å². The fourth-order valence-electron chi connectivity index (χ4n) is 4.60. The second-order valence-corrected chi connectivity index (χ2v) is 11.4. The second kappa shape index (κ2) is 9.44. The van der Waals surface area contributed by atoms with Crippen molar-refractivity contribution < 1.29 is 8.42 Å². The first kappa shape index (κ1) is 23.1. The molecule has 32 heavy (non-hydrogen) atoms. The summed E-state index contributed by atoms with van der Waals surface area (Å²) in [7, 11) is -1.45. The van der Waals surface area contributed by atoms with Crippen LogP contribution in [0.1, 0.15) is 28.0 Å². The Bertz CT molecular complexity index is 1130. The number of nitrogens with one attached hydrogen (secondary N) is 1. The van der Waals surface area contributed by atoms with Crippen LogP contribution in [0.2, 0.25) is 10.0 Å². The highest BCUT2D eigenvalue weighted by Crippen LogP contribution is 2.42. The molecule has 1 N–H and O–H groups in total. The van der Waals surface area contributed by atoms with Gasteiger partial charge in [0, 0.05) is 48.0 Å². The first-order valence-corrected chi connectivity index (χ1v) is 13.2. The van der Waals surface area contributed by atoms with Crippen LogP contribution in [-0.4, -0.2) is 39.7 Å². The minimum atomic E-state index is -3.28. The Labute approximate surface area is 200 Å². The Hall–Kier alpha value is -2.05. The van der Waals surface area contributed by atoms with Gasteiger partial charge in [-0.25, -0.2) is 8.42 Å². The fraction of sp³-hybridized carbons (Fsp3) is 0.280. The predicted molar refractivity (Wildman–Crippen MR) is 133 cm³/mol. The second-order valence-electron chi connectivity index (χ2n) is 8.35. The SMILES string of the molecule is CNc1cccc([C@H](C2CN(C(c3ccc(Cl)cc3)c3ccc(Cl)cc3)C2)S(C)(=O)=O)c1. The fourth-order valence-corrected chi connectivity index (χ4v) is 6.36. The van der Waals surface area contributed by atoms with Crippen LogP contribution in [0.5, 0.6) is 0 Å². The minimum Gasteiger partial charge on any atom is -0.388 e. The molecule has 0 aliphatic carbocycles. The number of nitrogens with zero attached hydrogens (tertiary/aromatic N) is 1. The van der Waals surface area contributed by atoms with E-state index >= 15 is 0 Å². The Kier molecular flexibility index (Phi) is 6.82. The van der Waals surface area contributed by atoms with E-state index in [1.807, 2.05) is 79.8 Å². The molecule has 0 amide bonds. The van der Waals surface area contributed by atoms with E-state index in [1.54, 1.807) is 0 Å². The van der Waals surface area contributed by atoms with Crippen molar-refractivity contribution in [3.8, 4) is 0 Å². The highest BCUT2D eigenvalue weighted by atomic mass is 35.5. The van der Waals surface area contributed by atoms with Gasteiger partial charge < -0.3 is 5.32 Å². The number of likely N-dealkylation sites (tertiary alicyclic amines) is 1. The van der Waals surface area contributed by atoms with Gasteiger partial charge in [-0.1, -0.05) is 59.6 Å². The number of rotatable bonds is 7. The average Bonchev–Trinajstić information content (AvgIpc) is 2.73. The molecule has 0 spiro atoms. The highest BCUT2D eigenvalue weighted by molar-refractivity contribution is 7.90. The molecule has 1 aliphatic rings. The van der Waals surface area contributed by atoms with Crippen LogP contribution in [0.15, 0.2) is 72.8 Å². The molecule has 0 saturated carbocycles. The third-order valence-electron chi connectivity index (χ3n) is 6.07. The zero-order valence-corrected chi connectivity index (χ0v) is 20.3. The molecule has 1 fully saturated rings. The monoisotopic (exact) mass is 488 g/mol. The molecule has 0 radical (unpaired) electrons. The van der Waals surface area contributed by atoms with Crippen LogP contribution in [0.25, 0.3) is 0 Å². The first-order valence-electron chi connectivity index (χ1n) is 10.5. The number of sulfone groups is 1. The summed E-state index contributed by atoms with van der Waals surface area (Å²) in [4.78, 5) is 2.32. The number of benzene rings is 3. The van der Waals surface area contributed by atoms with Gasteiger partial charge in [0.25, 0.3) is 0 Å². The molecule has 1 atom stereocenters. The molecule has 0 bridgehead atoms. The van der Waals surface area contributed by atoms with E-state index < -0.39 is 15.1 Å². The molecule has 168 valence electrons. The summed E-state index contributed by atoms with van der Waals surface area (Å²) in [6.45, 7) is 1.36. The maximum atomic E-state index is 12.8. The summed E-state index contributed by atoms with van der Waals surface area (Å²) >= 11 is 12.2. The molecular weight excluding hydrogens is 463 g/mol. The molecular formula is C25H26Cl2N2O2S. The molecule has 7 heteroatoms. The molecule has 1 heterocycles. The first-order chi connectivity index (χ1) is 15.3. The van der Waals surface area contributed by atoms with Gasteiger partial charge in [0.2, 0.25) is 0 Å². The largest absolute Gasteiger partial charge is 0.388 e. The summed E-state index contributed by atoms with van der Waals surface area (Å²) in [6.07, 6.45) is 1.34. The number of anilines is 1. The molecule has 4 rings (SSSR count). The van der Waals surface area contributed by atoms with E-state index in [2.05, 4.69) is 10.2 Å². The average molecular weight is 489 g/mol. The van der Waals surface area contributed by atoms with Gasteiger partial charge in [-0.3, -0.25) is 4.90 Å². The summed E-state index contributed by atoms with van der Waals surface area (Å²) < 4.78 is 25.6. The molecule has 1 saturated heterocycles. The van der Waals surface area contributed by atoms with Crippen molar-refractivity contribution in [2.45, 2.75) is 11.3 Å². The van der Waals surface area contributed by atoms with Crippen LogP contribution in [-0.2, 0) is 9.84 Å². The molecule has 0 unspecified atom stereocenters. The lowest BCUT2D eigenvalue weighted by Crippen LogP contribution is -2.52. The number of hydrogen-bond acceptors (Lipinski definition) is 4. The van der Waals surface area contributed by atoms with E-state index in [0.29, 0.717) is 23.1 Å². The van der Waals surface area contributed by atoms with Crippen molar-refractivity contribution in [3.05, 3.63) is 99.5 Å². The maximum absolute atomic E-state index is 12.8. The maximum Gasteiger partial charge on any atom is 0.154 e. The molecule has 1 aliphatic heterocycles. The molecule has 3 aromatic rings. The van der Waals surface area contributed by atoms with Crippen molar-refractivity contribution in [2.75, 3.05) is 31.7 Å². The van der Waals surface area contributed by atoms with E-state index in [9.17, 15) is 8.42 Å². The van der Waals surface area contributed by atoms with Crippen molar-refractivity contribution >= 4 is 38.7 Å². The Morgan fingerprint density at radius 2 is 1.41 bits per heavy atom. The van der Waals surface area contributed by atoms with E-state index in [-0.39, 0.29) is 12.0 Å². The lowest BCUT2D eigenvalue weighted by atomic mass is 9.86. The van der Waals surface area contributed by atoms with Crippen molar-refractivity contribution in [2.24, 2.45) is 5.92 Å². The van der Waals surface area contributed by atoms with E-state index in [1.165, 1.54) is 6.26 Å². The Morgan fingerprint density at radius 3 is 1.88 bits per heavy atom. The number of hydrogen-bond donors (Lipinski definition) is 1.